The molecule has 2 amide bonds. The fourth-order valence-corrected chi connectivity index (χ4v) is 4.11. The number of methoxy groups -OCH3 is 3. The summed E-state index contributed by atoms with van der Waals surface area (Å²) in [5, 5.41) is 2.97. The van der Waals surface area contributed by atoms with Crippen molar-refractivity contribution < 1.29 is 23.8 Å². The van der Waals surface area contributed by atoms with Gasteiger partial charge in [-0.05, 0) is 41.5 Å². The lowest BCUT2D eigenvalue weighted by Crippen LogP contribution is -2.48. The molecule has 7 nitrogen and oxygen atoms in total. The minimum absolute atomic E-state index is 0.200. The lowest BCUT2D eigenvalue weighted by Gasteiger charge is -2.25. The van der Waals surface area contributed by atoms with E-state index in [-0.39, 0.29) is 18.4 Å². The highest BCUT2D eigenvalue weighted by Gasteiger charge is 2.38. The van der Waals surface area contributed by atoms with Crippen molar-refractivity contribution in [2.75, 3.05) is 26.2 Å². The number of anilines is 1. The smallest absolute Gasteiger partial charge is 0.259 e. The van der Waals surface area contributed by atoms with E-state index in [0.29, 0.717) is 29.2 Å². The molecule has 0 bridgehead atoms. The Morgan fingerprint density at radius 3 is 2.18 bits per heavy atom. The third kappa shape index (κ3) is 4.35. The molecule has 1 N–H and O–H groups in total. The number of ether oxygens (including phenoxy) is 3. The number of benzene rings is 3. The lowest BCUT2D eigenvalue weighted by atomic mass is 10.1. The van der Waals surface area contributed by atoms with Crippen molar-refractivity contribution >= 4 is 17.5 Å². The SMILES string of the molecule is COc1cc(CNC(=O)[C@H]2Cc3ccccc3N2C(=O)c2ccccc2)cc(OC)c1OC. The molecule has 0 unspecified atom stereocenters. The van der Waals surface area contributed by atoms with Gasteiger partial charge in [-0.15, -0.1) is 0 Å². The Kier molecular flexibility index (Phi) is 6.49. The van der Waals surface area contributed by atoms with Crippen LogP contribution in [0.15, 0.2) is 66.7 Å². The minimum atomic E-state index is -0.642. The van der Waals surface area contributed by atoms with Gasteiger partial charge in [0.1, 0.15) is 6.04 Å². The van der Waals surface area contributed by atoms with Gasteiger partial charge in [-0.25, -0.2) is 0 Å². The summed E-state index contributed by atoms with van der Waals surface area (Å²) < 4.78 is 16.1. The van der Waals surface area contributed by atoms with Crippen molar-refractivity contribution in [3.05, 3.63) is 83.4 Å². The summed E-state index contributed by atoms with van der Waals surface area (Å²) in [7, 11) is 4.63. The average Bonchev–Trinajstić information content (AvgIpc) is 3.26. The number of fused-ring (bicyclic) bond motifs is 1. The van der Waals surface area contributed by atoms with Crippen LogP contribution in [-0.4, -0.2) is 39.2 Å². The molecule has 0 aromatic heterocycles. The van der Waals surface area contributed by atoms with Crippen LogP contribution in [0.5, 0.6) is 17.2 Å². The van der Waals surface area contributed by atoms with Crippen LogP contribution in [0.1, 0.15) is 21.5 Å². The quantitative estimate of drug-likeness (QED) is 0.600. The van der Waals surface area contributed by atoms with Crippen molar-refractivity contribution in [3.63, 3.8) is 0 Å². The van der Waals surface area contributed by atoms with Gasteiger partial charge in [-0.2, -0.15) is 0 Å². The zero-order valence-corrected chi connectivity index (χ0v) is 18.8. The summed E-state index contributed by atoms with van der Waals surface area (Å²) in [4.78, 5) is 28.2. The first-order valence-electron chi connectivity index (χ1n) is 10.6. The zero-order chi connectivity index (χ0) is 23.4. The predicted octanol–water partition coefficient (Wildman–Crippen LogP) is 3.60. The summed E-state index contributed by atoms with van der Waals surface area (Å²) in [5.74, 6) is 1.07. The van der Waals surface area contributed by atoms with Gasteiger partial charge >= 0.3 is 0 Å². The van der Waals surface area contributed by atoms with Crippen molar-refractivity contribution in [2.45, 2.75) is 19.0 Å². The van der Waals surface area contributed by atoms with Crippen molar-refractivity contribution in [1.82, 2.24) is 5.32 Å². The second-order valence-electron chi connectivity index (χ2n) is 7.64. The standard InChI is InChI=1S/C26H26N2O5/c1-31-22-13-17(14-23(32-2)24(22)33-3)16-27-25(29)21-15-19-11-7-8-12-20(19)28(21)26(30)18-9-5-4-6-10-18/h4-14,21H,15-16H2,1-3H3,(H,27,29)/t21-/m1/s1. The molecule has 3 aromatic rings. The third-order valence-electron chi connectivity index (χ3n) is 5.71. The van der Waals surface area contributed by atoms with Gasteiger partial charge in [0.2, 0.25) is 11.7 Å². The normalized spacial score (nSPS) is 14.4. The maximum Gasteiger partial charge on any atom is 0.259 e. The molecule has 170 valence electrons. The molecule has 33 heavy (non-hydrogen) atoms. The van der Waals surface area contributed by atoms with Crippen LogP contribution in [0.3, 0.4) is 0 Å². The fraction of sp³-hybridized carbons (Fsp3) is 0.231. The maximum atomic E-state index is 13.3. The summed E-state index contributed by atoms with van der Waals surface area (Å²) in [6, 6.07) is 19.6. The minimum Gasteiger partial charge on any atom is -0.493 e. The Morgan fingerprint density at radius 1 is 0.909 bits per heavy atom. The van der Waals surface area contributed by atoms with Crippen LogP contribution < -0.4 is 24.4 Å². The van der Waals surface area contributed by atoms with Crippen molar-refractivity contribution in [2.24, 2.45) is 0 Å². The summed E-state index contributed by atoms with van der Waals surface area (Å²) in [5.41, 5.74) is 3.06. The summed E-state index contributed by atoms with van der Waals surface area (Å²) >= 11 is 0. The van der Waals surface area contributed by atoms with E-state index in [9.17, 15) is 9.59 Å². The van der Waals surface area contributed by atoms with Crippen molar-refractivity contribution in [3.8, 4) is 17.2 Å². The van der Waals surface area contributed by atoms with Crippen LogP contribution in [0.4, 0.5) is 5.69 Å². The number of carbonyl (C=O) groups is 2. The molecule has 0 radical (unpaired) electrons. The molecule has 0 saturated carbocycles. The first-order chi connectivity index (χ1) is 16.1. The van der Waals surface area contributed by atoms with E-state index >= 15 is 0 Å². The van der Waals surface area contributed by atoms with Crippen LogP contribution in [0.25, 0.3) is 0 Å². The van der Waals surface area contributed by atoms with E-state index in [1.54, 1.807) is 43.4 Å². The second kappa shape index (κ2) is 9.65. The van der Waals surface area contributed by atoms with Gasteiger partial charge in [-0.3, -0.25) is 14.5 Å². The molecule has 0 fully saturated rings. The van der Waals surface area contributed by atoms with Gasteiger partial charge in [0.05, 0.1) is 21.3 Å². The van der Waals surface area contributed by atoms with Gasteiger partial charge < -0.3 is 19.5 Å². The van der Waals surface area contributed by atoms with Crippen LogP contribution in [-0.2, 0) is 17.8 Å². The number of para-hydroxylation sites is 1. The van der Waals surface area contributed by atoms with Gasteiger partial charge in [-0.1, -0.05) is 36.4 Å². The van der Waals surface area contributed by atoms with E-state index < -0.39 is 6.04 Å². The molecule has 0 spiro atoms. The molecule has 1 atom stereocenters. The number of nitrogens with one attached hydrogen (secondary N) is 1. The maximum absolute atomic E-state index is 13.3. The number of hydrogen-bond acceptors (Lipinski definition) is 5. The number of nitrogens with zero attached hydrogens (tertiary/aromatic N) is 1. The first kappa shape index (κ1) is 22.2. The second-order valence-corrected chi connectivity index (χ2v) is 7.64. The Bertz CT molecular complexity index is 1140. The first-order valence-corrected chi connectivity index (χ1v) is 10.6. The highest BCUT2D eigenvalue weighted by molar-refractivity contribution is 6.11. The zero-order valence-electron chi connectivity index (χ0n) is 18.8. The number of amides is 2. The number of rotatable bonds is 7. The van der Waals surface area contributed by atoms with Gasteiger partial charge in [0.15, 0.2) is 11.5 Å². The van der Waals surface area contributed by atoms with E-state index in [4.69, 9.17) is 14.2 Å². The van der Waals surface area contributed by atoms with Gasteiger partial charge in [0.25, 0.3) is 5.91 Å². The topological polar surface area (TPSA) is 77.1 Å². The molecular weight excluding hydrogens is 420 g/mol. The average molecular weight is 447 g/mol. The molecule has 1 aliphatic rings. The Balaban J connectivity index is 1.57. The largest absolute Gasteiger partial charge is 0.493 e. The predicted molar refractivity (Wildman–Crippen MR) is 125 cm³/mol. The summed E-state index contributed by atoms with van der Waals surface area (Å²) in [6.45, 7) is 0.246. The van der Waals surface area contributed by atoms with Crippen LogP contribution >= 0.6 is 0 Å². The molecular formula is C26H26N2O5. The van der Waals surface area contributed by atoms with Crippen molar-refractivity contribution in [1.29, 1.82) is 0 Å². The number of hydrogen-bond donors (Lipinski definition) is 1. The monoisotopic (exact) mass is 446 g/mol. The molecule has 0 saturated heterocycles. The highest BCUT2D eigenvalue weighted by Crippen LogP contribution is 2.38. The van der Waals surface area contributed by atoms with E-state index in [0.717, 1.165) is 16.8 Å². The number of carbonyl (C=O) groups excluding carboxylic acids is 2. The lowest BCUT2D eigenvalue weighted by molar-refractivity contribution is -0.122. The Hall–Kier alpha value is -4.00. The van der Waals surface area contributed by atoms with Crippen LogP contribution in [0, 0.1) is 0 Å². The molecule has 1 aliphatic heterocycles. The summed E-state index contributed by atoms with van der Waals surface area (Å²) in [6.07, 6.45) is 0.454. The highest BCUT2D eigenvalue weighted by atomic mass is 16.5. The molecule has 4 rings (SSSR count). The van der Waals surface area contributed by atoms with Gasteiger partial charge in [0, 0.05) is 24.2 Å². The molecule has 1 heterocycles. The van der Waals surface area contributed by atoms with E-state index in [1.807, 2.05) is 42.5 Å². The van der Waals surface area contributed by atoms with E-state index in [2.05, 4.69) is 5.32 Å². The van der Waals surface area contributed by atoms with E-state index in [1.165, 1.54) is 7.11 Å². The van der Waals surface area contributed by atoms with Crippen LogP contribution in [0.2, 0.25) is 0 Å². The Labute approximate surface area is 192 Å². The third-order valence-corrected chi connectivity index (χ3v) is 5.71. The Morgan fingerprint density at radius 2 is 1.55 bits per heavy atom. The molecule has 0 aliphatic carbocycles. The fourth-order valence-electron chi connectivity index (χ4n) is 4.11. The molecule has 3 aromatic carbocycles. The molecule has 7 heteroatoms.